The Balaban J connectivity index is 0.000000207. The van der Waals surface area contributed by atoms with E-state index >= 15 is 0 Å². The zero-order chi connectivity index (χ0) is 43.8. The van der Waals surface area contributed by atoms with Crippen molar-refractivity contribution in [2.24, 2.45) is 11.8 Å². The lowest BCUT2D eigenvalue weighted by Crippen LogP contribution is -2.23. The van der Waals surface area contributed by atoms with Crippen LogP contribution in [0.2, 0.25) is 0 Å². The minimum absolute atomic E-state index is 0.492. The molecular formula is C52H66N10. The van der Waals surface area contributed by atoms with Gasteiger partial charge in [0.15, 0.2) is 11.6 Å². The van der Waals surface area contributed by atoms with Gasteiger partial charge < -0.3 is 29.6 Å². The number of pyridine rings is 2. The molecule has 4 aromatic heterocycles. The standard InChI is InChI=1S/C33H39N5.C19H27N5/c1-5-6-21-36(4)33-35-30-31(38(33)22-25(2)3)28-19-13-14-20-29(28)34-32(30)37(23-26-15-9-7-10-16-26)24-27-17-11-8-12-18-27;1-5-6-11-23(4)19-22-16-17(24(19)12-13(2)3)14-9-7-8-10-15(14)21-18(16)20/h7-20,25H,5-6,21-24H2,1-4H3;7-10,13H,5-6,11-12H2,1-4H3,(H2,20,21). The van der Waals surface area contributed by atoms with Gasteiger partial charge in [0.2, 0.25) is 11.9 Å². The first kappa shape index (κ1) is 43.9. The number of nitrogen functional groups attached to an aromatic ring is 1. The monoisotopic (exact) mass is 831 g/mol. The highest BCUT2D eigenvalue weighted by Crippen LogP contribution is 2.37. The molecule has 10 nitrogen and oxygen atoms in total. The Hall–Kier alpha value is -6.16. The Bertz CT molecular complexity index is 2640. The zero-order valence-corrected chi connectivity index (χ0v) is 38.2. The Morgan fingerprint density at radius 3 is 1.42 bits per heavy atom. The minimum Gasteiger partial charge on any atom is -0.382 e. The van der Waals surface area contributed by atoms with Crippen LogP contribution >= 0.6 is 0 Å². The average molecular weight is 831 g/mol. The lowest BCUT2D eigenvalue weighted by Gasteiger charge is -2.25. The molecule has 0 atom stereocenters. The van der Waals surface area contributed by atoms with Crippen LogP contribution in [-0.2, 0) is 26.2 Å². The lowest BCUT2D eigenvalue weighted by atomic mass is 10.1. The van der Waals surface area contributed by atoms with Crippen molar-refractivity contribution in [1.82, 2.24) is 29.1 Å². The van der Waals surface area contributed by atoms with Gasteiger partial charge in [-0.3, -0.25) is 0 Å². The molecule has 0 aliphatic carbocycles. The highest BCUT2D eigenvalue weighted by molar-refractivity contribution is 6.08. The molecule has 8 rings (SSSR count). The first-order valence-electron chi connectivity index (χ1n) is 22.7. The number of hydrogen-bond acceptors (Lipinski definition) is 8. The Morgan fingerprint density at radius 2 is 0.952 bits per heavy atom. The first-order chi connectivity index (χ1) is 30.1. The van der Waals surface area contributed by atoms with Gasteiger partial charge in [-0.15, -0.1) is 0 Å². The first-order valence-corrected chi connectivity index (χ1v) is 22.7. The van der Waals surface area contributed by atoms with Crippen LogP contribution in [0.5, 0.6) is 0 Å². The summed E-state index contributed by atoms with van der Waals surface area (Å²) in [6.07, 6.45) is 4.62. The molecule has 0 radical (unpaired) electrons. The van der Waals surface area contributed by atoms with Crippen molar-refractivity contribution in [1.29, 1.82) is 0 Å². The third-order valence-corrected chi connectivity index (χ3v) is 11.3. The topological polar surface area (TPSA) is 97.2 Å². The molecule has 0 saturated heterocycles. The van der Waals surface area contributed by atoms with E-state index in [-0.39, 0.29) is 0 Å². The largest absolute Gasteiger partial charge is 0.382 e. The van der Waals surface area contributed by atoms with Crippen LogP contribution in [0, 0.1) is 11.8 Å². The molecule has 0 saturated carbocycles. The van der Waals surface area contributed by atoms with Crippen LogP contribution in [0.4, 0.5) is 23.5 Å². The molecule has 0 aliphatic heterocycles. The summed E-state index contributed by atoms with van der Waals surface area (Å²) in [5, 5.41) is 2.28. The average Bonchev–Trinajstić information content (AvgIpc) is 3.84. The number of para-hydroxylation sites is 2. The summed E-state index contributed by atoms with van der Waals surface area (Å²) in [6, 6.07) is 38.0. The lowest BCUT2D eigenvalue weighted by molar-refractivity contribution is 0.530. The summed E-state index contributed by atoms with van der Waals surface area (Å²) in [5.74, 6) is 4.48. The molecule has 0 amide bonds. The van der Waals surface area contributed by atoms with Crippen LogP contribution in [-0.4, -0.2) is 56.3 Å². The number of unbranched alkanes of at least 4 members (excludes halogenated alkanes) is 2. The molecule has 0 unspecified atom stereocenters. The zero-order valence-electron chi connectivity index (χ0n) is 38.2. The third kappa shape index (κ3) is 9.80. The molecule has 0 aliphatic rings. The molecule has 62 heavy (non-hydrogen) atoms. The van der Waals surface area contributed by atoms with E-state index in [1.165, 1.54) is 23.1 Å². The molecule has 324 valence electrons. The fourth-order valence-electron chi connectivity index (χ4n) is 8.34. The van der Waals surface area contributed by atoms with E-state index in [4.69, 9.17) is 20.7 Å². The van der Waals surface area contributed by atoms with E-state index in [1.807, 2.05) is 18.2 Å². The molecule has 4 aromatic carbocycles. The normalized spacial score (nSPS) is 11.6. The summed E-state index contributed by atoms with van der Waals surface area (Å²) >= 11 is 0. The molecular weight excluding hydrogens is 765 g/mol. The highest BCUT2D eigenvalue weighted by atomic mass is 15.3. The van der Waals surface area contributed by atoms with Crippen molar-refractivity contribution in [3.63, 3.8) is 0 Å². The maximum absolute atomic E-state index is 6.23. The molecule has 10 heteroatoms. The SMILES string of the molecule is CCCCN(C)c1nc2c(N(Cc3ccccc3)Cc3ccccc3)nc3ccccc3c2n1CC(C)C.CCCCN(C)c1nc2c(N)nc3ccccc3c2n1CC(C)C. The van der Waals surface area contributed by atoms with Crippen LogP contribution in [0.1, 0.15) is 78.4 Å². The molecule has 0 bridgehead atoms. The number of rotatable bonds is 17. The van der Waals surface area contributed by atoms with E-state index in [2.05, 4.69) is 175 Å². The van der Waals surface area contributed by atoms with Gasteiger partial charge in [-0.2, -0.15) is 0 Å². The fourth-order valence-corrected chi connectivity index (χ4v) is 8.34. The number of benzene rings is 4. The maximum Gasteiger partial charge on any atom is 0.206 e. The number of nitrogens with two attached hydrogens (primary N) is 1. The van der Waals surface area contributed by atoms with Crippen molar-refractivity contribution in [2.75, 3.05) is 47.6 Å². The predicted octanol–water partition coefficient (Wildman–Crippen LogP) is 11.7. The predicted molar refractivity (Wildman–Crippen MR) is 263 cm³/mol. The molecule has 4 heterocycles. The van der Waals surface area contributed by atoms with Gasteiger partial charge in [0.05, 0.1) is 22.1 Å². The number of fused-ring (bicyclic) bond motifs is 6. The minimum atomic E-state index is 0.492. The van der Waals surface area contributed by atoms with Crippen molar-refractivity contribution >= 4 is 67.4 Å². The summed E-state index contributed by atoms with van der Waals surface area (Å²) in [5.41, 5.74) is 14.8. The van der Waals surface area contributed by atoms with Gasteiger partial charge in [-0.05, 0) is 47.9 Å². The van der Waals surface area contributed by atoms with E-state index in [0.29, 0.717) is 17.7 Å². The molecule has 2 N–H and O–H groups in total. The van der Waals surface area contributed by atoms with E-state index < -0.39 is 0 Å². The van der Waals surface area contributed by atoms with E-state index in [9.17, 15) is 0 Å². The molecule has 0 spiro atoms. The Labute approximate surface area is 368 Å². The van der Waals surface area contributed by atoms with Crippen LogP contribution in [0.15, 0.2) is 109 Å². The van der Waals surface area contributed by atoms with Crippen LogP contribution in [0.3, 0.4) is 0 Å². The Morgan fingerprint density at radius 1 is 0.532 bits per heavy atom. The van der Waals surface area contributed by atoms with E-state index in [1.54, 1.807) is 0 Å². The van der Waals surface area contributed by atoms with Crippen molar-refractivity contribution in [3.8, 4) is 0 Å². The Kier molecular flexibility index (Phi) is 14.3. The van der Waals surface area contributed by atoms with Gasteiger partial charge in [-0.25, -0.2) is 19.9 Å². The van der Waals surface area contributed by atoms with Crippen molar-refractivity contribution < 1.29 is 0 Å². The second kappa shape index (κ2) is 20.1. The number of nitrogens with zero attached hydrogens (tertiary/aromatic N) is 9. The second-order valence-electron chi connectivity index (χ2n) is 17.6. The third-order valence-electron chi connectivity index (χ3n) is 11.3. The second-order valence-corrected chi connectivity index (χ2v) is 17.6. The maximum atomic E-state index is 6.23. The number of imidazole rings is 2. The van der Waals surface area contributed by atoms with Gasteiger partial charge in [0.1, 0.15) is 11.0 Å². The summed E-state index contributed by atoms with van der Waals surface area (Å²) in [4.78, 5) is 27.0. The fraction of sp³-hybridized carbons (Fsp3) is 0.385. The van der Waals surface area contributed by atoms with Gasteiger partial charge in [0.25, 0.3) is 0 Å². The van der Waals surface area contributed by atoms with Gasteiger partial charge in [0, 0.05) is 64.1 Å². The number of aromatic nitrogens is 6. The molecule has 0 fully saturated rings. The van der Waals surface area contributed by atoms with Crippen LogP contribution in [0.25, 0.3) is 43.9 Å². The van der Waals surface area contributed by atoms with E-state index in [0.717, 1.165) is 115 Å². The van der Waals surface area contributed by atoms with Crippen molar-refractivity contribution in [3.05, 3.63) is 120 Å². The summed E-state index contributed by atoms with van der Waals surface area (Å²) < 4.78 is 4.75. The van der Waals surface area contributed by atoms with Gasteiger partial charge in [-0.1, -0.05) is 151 Å². The number of hydrogen-bond donors (Lipinski definition) is 1. The number of anilines is 4. The van der Waals surface area contributed by atoms with Crippen molar-refractivity contribution in [2.45, 2.75) is 93.4 Å². The summed E-state index contributed by atoms with van der Waals surface area (Å²) in [7, 11) is 4.29. The smallest absolute Gasteiger partial charge is 0.206 e. The van der Waals surface area contributed by atoms with Crippen LogP contribution < -0.4 is 20.4 Å². The molecule has 8 aromatic rings. The summed E-state index contributed by atoms with van der Waals surface area (Å²) in [6.45, 7) is 18.8. The quantitative estimate of drug-likeness (QED) is 0.0969. The highest BCUT2D eigenvalue weighted by Gasteiger charge is 2.25. The van der Waals surface area contributed by atoms with Gasteiger partial charge >= 0.3 is 0 Å².